The van der Waals surface area contributed by atoms with E-state index in [-0.39, 0.29) is 11.9 Å². The van der Waals surface area contributed by atoms with Gasteiger partial charge in [0, 0.05) is 18.7 Å². The number of nitrogens with one attached hydrogen (secondary N) is 1. The third kappa shape index (κ3) is 3.97. The fourth-order valence-electron chi connectivity index (χ4n) is 2.64. The Balaban J connectivity index is 1.73. The zero-order valence-corrected chi connectivity index (χ0v) is 12.3. The standard InChI is InChI=1S/C16H24N2O2/c1-3-20-15-8-12(9-15)10-16(19)18-11(2)13-4-6-14(17)7-5-13/h4-7,11-12,15H,3,8-10,17H2,1-2H3,(H,18,19). The molecule has 0 bridgehead atoms. The molecule has 1 aliphatic rings. The fraction of sp³-hybridized carbons (Fsp3) is 0.562. The highest BCUT2D eigenvalue weighted by atomic mass is 16.5. The summed E-state index contributed by atoms with van der Waals surface area (Å²) in [7, 11) is 0. The molecule has 0 aliphatic heterocycles. The molecule has 1 atom stereocenters. The van der Waals surface area contributed by atoms with Gasteiger partial charge in [-0.3, -0.25) is 4.79 Å². The third-order valence-electron chi connectivity index (χ3n) is 3.88. The summed E-state index contributed by atoms with van der Waals surface area (Å²) in [5, 5.41) is 3.04. The van der Waals surface area contributed by atoms with Crippen molar-refractivity contribution in [2.24, 2.45) is 5.92 Å². The molecule has 0 spiro atoms. The molecule has 0 radical (unpaired) electrons. The lowest BCUT2D eigenvalue weighted by molar-refractivity contribution is -0.124. The van der Waals surface area contributed by atoms with E-state index in [1.807, 2.05) is 38.1 Å². The van der Waals surface area contributed by atoms with Crippen LogP contribution in [0.5, 0.6) is 0 Å². The van der Waals surface area contributed by atoms with Crippen LogP contribution in [-0.4, -0.2) is 18.6 Å². The molecule has 1 aliphatic carbocycles. The molecule has 1 saturated carbocycles. The summed E-state index contributed by atoms with van der Waals surface area (Å²) in [6.45, 7) is 4.76. The van der Waals surface area contributed by atoms with Gasteiger partial charge in [0.2, 0.25) is 5.91 Å². The van der Waals surface area contributed by atoms with E-state index >= 15 is 0 Å². The average molecular weight is 276 g/mol. The number of carbonyl (C=O) groups is 1. The first kappa shape index (κ1) is 14.9. The Morgan fingerprint density at radius 3 is 2.65 bits per heavy atom. The van der Waals surface area contributed by atoms with Gasteiger partial charge in [-0.25, -0.2) is 0 Å². The number of amides is 1. The second-order valence-corrected chi connectivity index (χ2v) is 5.57. The monoisotopic (exact) mass is 276 g/mol. The van der Waals surface area contributed by atoms with Gasteiger partial charge in [0.15, 0.2) is 0 Å². The summed E-state index contributed by atoms with van der Waals surface area (Å²) in [5.41, 5.74) is 7.47. The van der Waals surface area contributed by atoms with E-state index in [0.717, 1.165) is 30.7 Å². The number of benzene rings is 1. The minimum atomic E-state index is 0.0193. The molecule has 20 heavy (non-hydrogen) atoms. The van der Waals surface area contributed by atoms with Crippen LogP contribution < -0.4 is 11.1 Å². The Morgan fingerprint density at radius 1 is 1.40 bits per heavy atom. The van der Waals surface area contributed by atoms with Crippen LogP contribution in [0.2, 0.25) is 0 Å². The Bertz CT molecular complexity index is 438. The molecule has 1 fully saturated rings. The molecule has 1 amide bonds. The number of rotatable bonds is 6. The second-order valence-electron chi connectivity index (χ2n) is 5.57. The molecule has 2 rings (SSSR count). The van der Waals surface area contributed by atoms with Crippen LogP contribution in [0.15, 0.2) is 24.3 Å². The predicted molar refractivity (Wildman–Crippen MR) is 80.2 cm³/mol. The van der Waals surface area contributed by atoms with Gasteiger partial charge in [-0.15, -0.1) is 0 Å². The average Bonchev–Trinajstić information content (AvgIpc) is 2.37. The van der Waals surface area contributed by atoms with Gasteiger partial charge < -0.3 is 15.8 Å². The molecule has 4 nitrogen and oxygen atoms in total. The van der Waals surface area contributed by atoms with Crippen molar-refractivity contribution in [3.05, 3.63) is 29.8 Å². The Labute approximate surface area is 120 Å². The van der Waals surface area contributed by atoms with E-state index in [4.69, 9.17) is 10.5 Å². The fourth-order valence-corrected chi connectivity index (χ4v) is 2.64. The van der Waals surface area contributed by atoms with Crippen molar-refractivity contribution in [2.45, 2.75) is 45.3 Å². The molecule has 1 aromatic rings. The molecule has 4 heteroatoms. The summed E-state index contributed by atoms with van der Waals surface area (Å²) < 4.78 is 5.51. The zero-order chi connectivity index (χ0) is 14.5. The molecular weight excluding hydrogens is 252 g/mol. The normalized spacial score (nSPS) is 22.9. The second kappa shape index (κ2) is 6.75. The van der Waals surface area contributed by atoms with Crippen LogP contribution in [0.25, 0.3) is 0 Å². The van der Waals surface area contributed by atoms with E-state index in [1.165, 1.54) is 0 Å². The lowest BCUT2D eigenvalue weighted by atomic mass is 9.80. The molecule has 110 valence electrons. The van der Waals surface area contributed by atoms with Crippen LogP contribution in [0, 0.1) is 5.92 Å². The number of carbonyl (C=O) groups excluding carboxylic acids is 1. The number of hydrogen-bond acceptors (Lipinski definition) is 3. The summed E-state index contributed by atoms with van der Waals surface area (Å²) in [6, 6.07) is 7.64. The van der Waals surface area contributed by atoms with Crippen molar-refractivity contribution in [2.75, 3.05) is 12.3 Å². The molecule has 3 N–H and O–H groups in total. The van der Waals surface area contributed by atoms with E-state index < -0.39 is 0 Å². The van der Waals surface area contributed by atoms with Gasteiger partial charge in [-0.1, -0.05) is 12.1 Å². The van der Waals surface area contributed by atoms with Crippen LogP contribution >= 0.6 is 0 Å². The van der Waals surface area contributed by atoms with Gasteiger partial charge in [0.1, 0.15) is 0 Å². The smallest absolute Gasteiger partial charge is 0.220 e. The van der Waals surface area contributed by atoms with Crippen molar-refractivity contribution >= 4 is 11.6 Å². The topological polar surface area (TPSA) is 64.3 Å². The Kier molecular flexibility index (Phi) is 5.01. The van der Waals surface area contributed by atoms with Gasteiger partial charge in [0.05, 0.1) is 12.1 Å². The van der Waals surface area contributed by atoms with Crippen LogP contribution in [0.3, 0.4) is 0 Å². The summed E-state index contributed by atoms with van der Waals surface area (Å²) in [4.78, 5) is 12.0. The molecular formula is C16H24N2O2. The first-order valence-corrected chi connectivity index (χ1v) is 7.35. The number of nitrogen functional groups attached to an aromatic ring is 1. The first-order chi connectivity index (χ1) is 9.58. The van der Waals surface area contributed by atoms with Crippen LogP contribution in [0.1, 0.15) is 44.7 Å². The van der Waals surface area contributed by atoms with Crippen LogP contribution in [0.4, 0.5) is 5.69 Å². The van der Waals surface area contributed by atoms with Gasteiger partial charge >= 0.3 is 0 Å². The zero-order valence-electron chi connectivity index (χ0n) is 12.3. The maximum absolute atomic E-state index is 12.0. The molecule has 1 unspecified atom stereocenters. The lowest BCUT2D eigenvalue weighted by Crippen LogP contribution is -2.36. The molecule has 0 heterocycles. The predicted octanol–water partition coefficient (Wildman–Crippen LogP) is 2.65. The number of anilines is 1. The Morgan fingerprint density at radius 2 is 2.05 bits per heavy atom. The highest BCUT2D eigenvalue weighted by Gasteiger charge is 2.31. The highest BCUT2D eigenvalue weighted by Crippen LogP contribution is 2.32. The van der Waals surface area contributed by atoms with Gasteiger partial charge in [-0.2, -0.15) is 0 Å². The maximum atomic E-state index is 12.0. The summed E-state index contributed by atoms with van der Waals surface area (Å²) in [5.74, 6) is 0.597. The van der Waals surface area contributed by atoms with Crippen molar-refractivity contribution in [1.29, 1.82) is 0 Å². The SMILES string of the molecule is CCOC1CC(CC(=O)NC(C)c2ccc(N)cc2)C1. The number of hydrogen-bond donors (Lipinski definition) is 2. The van der Waals surface area contributed by atoms with Crippen molar-refractivity contribution in [3.8, 4) is 0 Å². The molecule has 0 saturated heterocycles. The summed E-state index contributed by atoms with van der Waals surface area (Å²) in [6.07, 6.45) is 2.99. The minimum Gasteiger partial charge on any atom is -0.399 e. The van der Waals surface area contributed by atoms with E-state index in [0.29, 0.717) is 18.4 Å². The van der Waals surface area contributed by atoms with E-state index in [2.05, 4.69) is 5.32 Å². The van der Waals surface area contributed by atoms with Gasteiger partial charge in [-0.05, 0) is 50.3 Å². The highest BCUT2D eigenvalue weighted by molar-refractivity contribution is 5.76. The van der Waals surface area contributed by atoms with E-state index in [9.17, 15) is 4.79 Å². The summed E-state index contributed by atoms with van der Waals surface area (Å²) >= 11 is 0. The molecule has 0 aromatic heterocycles. The first-order valence-electron chi connectivity index (χ1n) is 7.35. The van der Waals surface area contributed by atoms with Crippen molar-refractivity contribution in [1.82, 2.24) is 5.32 Å². The lowest BCUT2D eigenvalue weighted by Gasteiger charge is -2.34. The molecule has 1 aromatic carbocycles. The van der Waals surface area contributed by atoms with Crippen molar-refractivity contribution < 1.29 is 9.53 Å². The van der Waals surface area contributed by atoms with Crippen molar-refractivity contribution in [3.63, 3.8) is 0 Å². The number of ether oxygens (including phenoxy) is 1. The quantitative estimate of drug-likeness (QED) is 0.785. The number of nitrogens with two attached hydrogens (primary N) is 1. The maximum Gasteiger partial charge on any atom is 0.220 e. The third-order valence-corrected chi connectivity index (χ3v) is 3.88. The van der Waals surface area contributed by atoms with Gasteiger partial charge in [0.25, 0.3) is 0 Å². The van der Waals surface area contributed by atoms with E-state index in [1.54, 1.807) is 0 Å². The Hall–Kier alpha value is -1.55. The largest absolute Gasteiger partial charge is 0.399 e. The van der Waals surface area contributed by atoms with Crippen LogP contribution in [-0.2, 0) is 9.53 Å². The minimum absolute atomic E-state index is 0.0193.